The lowest BCUT2D eigenvalue weighted by Gasteiger charge is -2.13. The van der Waals surface area contributed by atoms with E-state index in [1.165, 1.54) is 0 Å². The van der Waals surface area contributed by atoms with Gasteiger partial charge in [0.25, 0.3) is 0 Å². The third kappa shape index (κ3) is 1.62. The first-order chi connectivity index (χ1) is 7.50. The number of carboxylic acids is 1. The van der Waals surface area contributed by atoms with Gasteiger partial charge in [0, 0.05) is 11.3 Å². The first-order valence-corrected chi connectivity index (χ1v) is 5.36. The zero-order valence-electron chi connectivity index (χ0n) is 9.28. The summed E-state index contributed by atoms with van der Waals surface area (Å²) in [5, 5.41) is 9.12. The van der Waals surface area contributed by atoms with Gasteiger partial charge in [-0.2, -0.15) is 4.98 Å². The zero-order chi connectivity index (χ0) is 11.9. The summed E-state index contributed by atoms with van der Waals surface area (Å²) in [5.74, 6) is -1.29. The van der Waals surface area contributed by atoms with Crippen LogP contribution in [0.15, 0.2) is 4.79 Å². The van der Waals surface area contributed by atoms with E-state index >= 15 is 0 Å². The van der Waals surface area contributed by atoms with Gasteiger partial charge in [0.1, 0.15) is 0 Å². The quantitative estimate of drug-likeness (QED) is 0.782. The van der Waals surface area contributed by atoms with E-state index < -0.39 is 11.9 Å². The van der Waals surface area contributed by atoms with E-state index in [0.29, 0.717) is 18.5 Å². The van der Waals surface area contributed by atoms with Crippen molar-refractivity contribution in [3.8, 4) is 0 Å². The molecule has 0 aromatic carbocycles. The molecule has 2 rings (SSSR count). The molecular weight excluding hydrogens is 208 g/mol. The Morgan fingerprint density at radius 1 is 1.56 bits per heavy atom. The van der Waals surface area contributed by atoms with Crippen LogP contribution in [0.3, 0.4) is 0 Å². The topological polar surface area (TPSA) is 83.0 Å². The van der Waals surface area contributed by atoms with E-state index in [4.69, 9.17) is 5.11 Å². The molecule has 16 heavy (non-hydrogen) atoms. The molecule has 1 atom stereocenters. The van der Waals surface area contributed by atoms with Crippen molar-refractivity contribution in [2.75, 3.05) is 0 Å². The highest BCUT2D eigenvalue weighted by atomic mass is 16.4. The van der Waals surface area contributed by atoms with E-state index in [1.54, 1.807) is 0 Å². The number of rotatable bonds is 2. The molecule has 2 N–H and O–H groups in total. The maximum absolute atomic E-state index is 11.3. The summed E-state index contributed by atoms with van der Waals surface area (Å²) in [4.78, 5) is 29.0. The Morgan fingerprint density at radius 2 is 2.25 bits per heavy atom. The second-order valence-electron chi connectivity index (χ2n) is 4.40. The number of nitrogens with one attached hydrogen (secondary N) is 1. The highest BCUT2D eigenvalue weighted by Crippen LogP contribution is 2.35. The number of aliphatic carboxylic acids is 1. The molecule has 1 aromatic rings. The summed E-state index contributed by atoms with van der Waals surface area (Å²) >= 11 is 0. The van der Waals surface area contributed by atoms with Crippen molar-refractivity contribution in [3.05, 3.63) is 27.4 Å². The van der Waals surface area contributed by atoms with Gasteiger partial charge in [-0.3, -0.25) is 4.79 Å². The Hall–Kier alpha value is -1.65. The van der Waals surface area contributed by atoms with E-state index in [1.807, 2.05) is 13.8 Å². The van der Waals surface area contributed by atoms with Gasteiger partial charge in [-0.25, -0.2) is 4.79 Å². The minimum absolute atomic E-state index is 0.0657. The Balaban J connectivity index is 2.63. The van der Waals surface area contributed by atoms with Crippen molar-refractivity contribution in [1.82, 2.24) is 9.97 Å². The van der Waals surface area contributed by atoms with Crippen molar-refractivity contribution in [1.29, 1.82) is 0 Å². The molecule has 0 amide bonds. The fourth-order valence-electron chi connectivity index (χ4n) is 2.25. The summed E-state index contributed by atoms with van der Waals surface area (Å²) in [7, 11) is 0. The lowest BCUT2D eigenvalue weighted by atomic mass is 9.96. The normalized spacial score (nSPS) is 18.8. The van der Waals surface area contributed by atoms with Crippen LogP contribution in [0, 0.1) is 0 Å². The first-order valence-electron chi connectivity index (χ1n) is 5.36. The predicted molar refractivity (Wildman–Crippen MR) is 57.6 cm³/mol. The van der Waals surface area contributed by atoms with Crippen LogP contribution >= 0.6 is 0 Å². The lowest BCUT2D eigenvalue weighted by Crippen LogP contribution is -2.20. The number of fused-ring (bicyclic) bond motifs is 1. The molecule has 86 valence electrons. The number of carboxylic acid groups (broad SMARTS) is 1. The molecule has 1 unspecified atom stereocenters. The smallest absolute Gasteiger partial charge is 0.345 e. The number of carbonyl (C=O) groups is 1. The van der Waals surface area contributed by atoms with E-state index in [0.717, 1.165) is 11.3 Å². The van der Waals surface area contributed by atoms with Crippen LogP contribution in [0.25, 0.3) is 0 Å². The first kappa shape index (κ1) is 10.9. The van der Waals surface area contributed by atoms with Gasteiger partial charge in [-0.15, -0.1) is 0 Å². The summed E-state index contributed by atoms with van der Waals surface area (Å²) in [6, 6.07) is 0. The summed E-state index contributed by atoms with van der Waals surface area (Å²) in [6.07, 6.45) is 1.16. The third-order valence-corrected chi connectivity index (χ3v) is 2.96. The van der Waals surface area contributed by atoms with Crippen molar-refractivity contribution in [2.45, 2.75) is 38.5 Å². The van der Waals surface area contributed by atoms with Crippen LogP contribution in [0.4, 0.5) is 0 Å². The van der Waals surface area contributed by atoms with Crippen LogP contribution in [0.2, 0.25) is 0 Å². The van der Waals surface area contributed by atoms with Gasteiger partial charge < -0.3 is 10.1 Å². The predicted octanol–water partition coefficient (Wildman–Crippen LogP) is 1.01. The van der Waals surface area contributed by atoms with Crippen LogP contribution in [-0.2, 0) is 11.2 Å². The van der Waals surface area contributed by atoms with Crippen LogP contribution in [0.5, 0.6) is 0 Å². The molecule has 5 heteroatoms. The second-order valence-corrected chi connectivity index (χ2v) is 4.40. The summed E-state index contributed by atoms with van der Waals surface area (Å²) in [5.41, 5.74) is 1.72. The molecule has 0 saturated carbocycles. The summed E-state index contributed by atoms with van der Waals surface area (Å²) in [6.45, 7) is 3.83. The third-order valence-electron chi connectivity index (χ3n) is 2.96. The molecule has 1 heterocycles. The average Bonchev–Trinajstić information content (AvgIpc) is 2.59. The van der Waals surface area contributed by atoms with Gasteiger partial charge in [0.05, 0.1) is 11.6 Å². The van der Waals surface area contributed by atoms with Crippen molar-refractivity contribution < 1.29 is 9.90 Å². The number of hydrogen-bond donors (Lipinski definition) is 2. The minimum atomic E-state index is -0.838. The maximum Gasteiger partial charge on any atom is 0.345 e. The number of H-pyrrole nitrogens is 1. The molecule has 0 spiro atoms. The number of hydrogen-bond acceptors (Lipinski definition) is 3. The van der Waals surface area contributed by atoms with E-state index in [2.05, 4.69) is 9.97 Å². The highest BCUT2D eigenvalue weighted by Gasteiger charge is 2.33. The second kappa shape index (κ2) is 3.73. The van der Waals surface area contributed by atoms with Crippen molar-refractivity contribution >= 4 is 5.97 Å². The molecule has 1 aliphatic rings. The number of aromatic amines is 1. The fourth-order valence-corrected chi connectivity index (χ4v) is 2.25. The SMILES string of the molecule is CC(C)c1nc(=O)[nH]c2c1C(C(=O)O)CC2. The monoisotopic (exact) mass is 222 g/mol. The zero-order valence-corrected chi connectivity index (χ0v) is 9.28. The molecule has 0 saturated heterocycles. The van der Waals surface area contributed by atoms with Gasteiger partial charge >= 0.3 is 11.7 Å². The Labute approximate surface area is 92.5 Å². The number of nitrogens with zero attached hydrogens (tertiary/aromatic N) is 1. The van der Waals surface area contributed by atoms with Crippen molar-refractivity contribution in [3.63, 3.8) is 0 Å². The van der Waals surface area contributed by atoms with E-state index in [-0.39, 0.29) is 11.6 Å². The molecule has 1 aromatic heterocycles. The average molecular weight is 222 g/mol. The summed E-state index contributed by atoms with van der Waals surface area (Å²) < 4.78 is 0. The lowest BCUT2D eigenvalue weighted by molar-refractivity contribution is -0.138. The van der Waals surface area contributed by atoms with Gasteiger partial charge in [0.2, 0.25) is 0 Å². The van der Waals surface area contributed by atoms with Gasteiger partial charge in [-0.05, 0) is 18.8 Å². The molecule has 0 fully saturated rings. The van der Waals surface area contributed by atoms with Crippen molar-refractivity contribution in [2.24, 2.45) is 0 Å². The van der Waals surface area contributed by atoms with Crippen LogP contribution in [-0.4, -0.2) is 21.0 Å². The van der Waals surface area contributed by atoms with E-state index in [9.17, 15) is 9.59 Å². The largest absolute Gasteiger partial charge is 0.481 e. The standard InChI is InChI=1S/C11H14N2O3/c1-5(2)9-8-6(10(14)15)3-4-7(8)12-11(16)13-9/h5-6H,3-4H2,1-2H3,(H,14,15)(H,12,13,16). The Morgan fingerprint density at radius 3 is 2.81 bits per heavy atom. The highest BCUT2D eigenvalue weighted by molar-refractivity contribution is 5.78. The molecule has 1 aliphatic carbocycles. The molecule has 0 radical (unpaired) electrons. The van der Waals surface area contributed by atoms with Gasteiger partial charge in [-0.1, -0.05) is 13.8 Å². The molecule has 0 aliphatic heterocycles. The molecular formula is C11H14N2O3. The molecule has 5 nitrogen and oxygen atoms in total. The number of aromatic nitrogens is 2. The number of aryl methyl sites for hydroxylation is 1. The van der Waals surface area contributed by atoms with Crippen LogP contribution in [0.1, 0.15) is 49.1 Å². The Bertz CT molecular complexity index is 490. The maximum atomic E-state index is 11.3. The Kier molecular flexibility index (Phi) is 2.53. The minimum Gasteiger partial charge on any atom is -0.481 e. The molecule has 0 bridgehead atoms. The van der Waals surface area contributed by atoms with Crippen LogP contribution < -0.4 is 5.69 Å². The van der Waals surface area contributed by atoms with Gasteiger partial charge in [0.15, 0.2) is 0 Å². The fraction of sp³-hybridized carbons (Fsp3) is 0.545.